The van der Waals surface area contributed by atoms with Crippen molar-refractivity contribution in [2.45, 2.75) is 32.7 Å². The van der Waals surface area contributed by atoms with E-state index in [1.165, 1.54) is 0 Å². The third-order valence-corrected chi connectivity index (χ3v) is 2.72. The Morgan fingerprint density at radius 3 is 2.39 bits per heavy atom. The molecule has 0 amide bonds. The van der Waals surface area contributed by atoms with Gasteiger partial charge in [-0.3, -0.25) is 0 Å². The van der Waals surface area contributed by atoms with Crippen LogP contribution in [0.2, 0.25) is 0 Å². The quantitative estimate of drug-likeness (QED) is 0.756. The lowest BCUT2D eigenvalue weighted by Crippen LogP contribution is -2.11. The van der Waals surface area contributed by atoms with Crippen LogP contribution >= 0.6 is 0 Å². The van der Waals surface area contributed by atoms with Crippen LogP contribution in [0.1, 0.15) is 32.0 Å². The molecule has 0 aliphatic carbocycles. The number of benzene rings is 1. The molecule has 0 spiro atoms. The average Bonchev–Trinajstić information content (AvgIpc) is 2.78. The Morgan fingerprint density at radius 2 is 1.89 bits per heavy atom. The van der Waals surface area contributed by atoms with Gasteiger partial charge in [-0.2, -0.15) is 0 Å². The summed E-state index contributed by atoms with van der Waals surface area (Å²) in [5.74, 6) is 0. The zero-order chi connectivity index (χ0) is 13.2. The van der Waals surface area contributed by atoms with Crippen molar-refractivity contribution in [3.05, 3.63) is 53.1 Å². The van der Waals surface area contributed by atoms with Gasteiger partial charge in [-0.25, -0.2) is 9.53 Å². The third kappa shape index (κ3) is 2.75. The van der Waals surface area contributed by atoms with E-state index in [1.807, 2.05) is 35.1 Å². The highest BCUT2D eigenvalue weighted by Crippen LogP contribution is 2.19. The Morgan fingerprint density at radius 1 is 1.22 bits per heavy atom. The van der Waals surface area contributed by atoms with Crippen LogP contribution in [0.15, 0.2) is 30.5 Å². The predicted molar refractivity (Wildman–Crippen MR) is 70.5 cm³/mol. The number of hydrogen-bond donors (Lipinski definition) is 0. The summed E-state index contributed by atoms with van der Waals surface area (Å²) in [4.78, 5) is 3.37. The maximum absolute atomic E-state index is 6.90. The van der Waals surface area contributed by atoms with Gasteiger partial charge in [0.15, 0.2) is 5.69 Å². The molecule has 1 heterocycles. The third-order valence-electron chi connectivity index (χ3n) is 2.72. The van der Waals surface area contributed by atoms with E-state index in [0.29, 0.717) is 12.2 Å². The largest absolute Gasteiger partial charge is 0.248 e. The van der Waals surface area contributed by atoms with Gasteiger partial charge in [0, 0.05) is 11.6 Å². The molecule has 4 heteroatoms. The number of hydrogen-bond acceptors (Lipinski definition) is 2. The maximum atomic E-state index is 6.90. The van der Waals surface area contributed by atoms with E-state index in [2.05, 4.69) is 35.9 Å². The summed E-state index contributed by atoms with van der Waals surface area (Å²) >= 11 is 0. The Labute approximate surface area is 107 Å². The van der Waals surface area contributed by atoms with Crippen LogP contribution < -0.4 is 0 Å². The molecule has 0 radical (unpaired) electrons. The molecular formula is C14H16N4. The van der Waals surface area contributed by atoms with Crippen molar-refractivity contribution in [2.75, 3.05) is 0 Å². The molecule has 0 bridgehead atoms. The summed E-state index contributed by atoms with van der Waals surface area (Å²) in [7, 11) is 0. The second kappa shape index (κ2) is 4.61. The second-order valence-corrected chi connectivity index (χ2v) is 5.33. The van der Waals surface area contributed by atoms with Crippen LogP contribution in [0, 0.1) is 6.57 Å². The standard InChI is InChI=1S/C14H16N4/c1-14(2,3)13-10-18(17-16-13)9-11-5-7-12(15-4)8-6-11/h5-8,10H,9H2,1-3H3. The summed E-state index contributed by atoms with van der Waals surface area (Å²) in [6.07, 6.45) is 1.97. The Bertz CT molecular complexity index is 567. The van der Waals surface area contributed by atoms with Gasteiger partial charge in [0.25, 0.3) is 0 Å². The van der Waals surface area contributed by atoms with E-state index in [9.17, 15) is 0 Å². The zero-order valence-electron chi connectivity index (χ0n) is 10.9. The summed E-state index contributed by atoms with van der Waals surface area (Å²) in [6, 6.07) is 7.55. The summed E-state index contributed by atoms with van der Waals surface area (Å²) in [6.45, 7) is 13.9. The van der Waals surface area contributed by atoms with Crippen molar-refractivity contribution in [2.24, 2.45) is 0 Å². The number of nitrogens with zero attached hydrogens (tertiary/aromatic N) is 4. The summed E-state index contributed by atoms with van der Waals surface area (Å²) in [5.41, 5.74) is 2.78. The van der Waals surface area contributed by atoms with Crippen LogP contribution in [0.5, 0.6) is 0 Å². The first-order chi connectivity index (χ1) is 8.49. The van der Waals surface area contributed by atoms with Crippen molar-refractivity contribution >= 4 is 5.69 Å². The molecule has 0 saturated carbocycles. The van der Waals surface area contributed by atoms with Crippen LogP contribution in [0.25, 0.3) is 4.85 Å². The minimum atomic E-state index is 0.0200. The van der Waals surface area contributed by atoms with Gasteiger partial charge < -0.3 is 0 Å². The molecule has 0 aliphatic rings. The fraction of sp³-hybridized carbons (Fsp3) is 0.357. The van der Waals surface area contributed by atoms with E-state index >= 15 is 0 Å². The minimum absolute atomic E-state index is 0.0200. The molecular weight excluding hydrogens is 224 g/mol. The van der Waals surface area contributed by atoms with Crippen molar-refractivity contribution < 1.29 is 0 Å². The molecule has 2 aromatic rings. The first-order valence-electron chi connectivity index (χ1n) is 5.86. The van der Waals surface area contributed by atoms with Crippen LogP contribution in [0.4, 0.5) is 5.69 Å². The highest BCUT2D eigenvalue weighted by molar-refractivity contribution is 5.45. The number of aromatic nitrogens is 3. The van der Waals surface area contributed by atoms with Crippen molar-refractivity contribution in [1.82, 2.24) is 15.0 Å². The van der Waals surface area contributed by atoms with Gasteiger partial charge in [0.1, 0.15) is 0 Å². The average molecular weight is 240 g/mol. The van der Waals surface area contributed by atoms with E-state index < -0.39 is 0 Å². The SMILES string of the molecule is [C-]#[N+]c1ccc(Cn2cc(C(C)(C)C)nn2)cc1. The lowest BCUT2D eigenvalue weighted by Gasteiger charge is -2.12. The highest BCUT2D eigenvalue weighted by Gasteiger charge is 2.17. The molecule has 0 N–H and O–H groups in total. The normalized spacial score (nSPS) is 11.2. The monoisotopic (exact) mass is 240 g/mol. The molecule has 0 unspecified atom stereocenters. The van der Waals surface area contributed by atoms with Crippen LogP contribution in [0.3, 0.4) is 0 Å². The van der Waals surface area contributed by atoms with E-state index in [0.717, 1.165) is 11.3 Å². The smallest absolute Gasteiger partial charge is 0.187 e. The van der Waals surface area contributed by atoms with Crippen LogP contribution in [-0.2, 0) is 12.0 Å². The molecule has 2 rings (SSSR count). The fourth-order valence-electron chi connectivity index (χ4n) is 1.58. The Hall–Kier alpha value is -2.15. The van der Waals surface area contributed by atoms with Gasteiger partial charge in [0.05, 0.1) is 18.8 Å². The van der Waals surface area contributed by atoms with Gasteiger partial charge in [-0.05, 0) is 5.56 Å². The van der Waals surface area contributed by atoms with Gasteiger partial charge >= 0.3 is 0 Å². The second-order valence-electron chi connectivity index (χ2n) is 5.33. The van der Waals surface area contributed by atoms with Crippen molar-refractivity contribution in [3.8, 4) is 0 Å². The molecule has 18 heavy (non-hydrogen) atoms. The van der Waals surface area contributed by atoms with E-state index in [1.54, 1.807) is 0 Å². The molecule has 0 fully saturated rings. The number of rotatable bonds is 2. The lowest BCUT2D eigenvalue weighted by atomic mass is 9.93. The minimum Gasteiger partial charge on any atom is -0.248 e. The summed E-state index contributed by atoms with van der Waals surface area (Å²) in [5, 5.41) is 8.31. The fourth-order valence-corrected chi connectivity index (χ4v) is 1.58. The van der Waals surface area contributed by atoms with Crippen molar-refractivity contribution in [1.29, 1.82) is 0 Å². The van der Waals surface area contributed by atoms with Crippen LogP contribution in [-0.4, -0.2) is 15.0 Å². The first kappa shape index (κ1) is 12.3. The predicted octanol–water partition coefficient (Wildman–Crippen LogP) is 3.17. The Kier molecular flexibility index (Phi) is 3.15. The highest BCUT2D eigenvalue weighted by atomic mass is 15.4. The topological polar surface area (TPSA) is 35.1 Å². The van der Waals surface area contributed by atoms with E-state index in [4.69, 9.17) is 6.57 Å². The molecule has 1 aromatic carbocycles. The lowest BCUT2D eigenvalue weighted by molar-refractivity contribution is 0.566. The van der Waals surface area contributed by atoms with Gasteiger partial charge in [0.2, 0.25) is 0 Å². The van der Waals surface area contributed by atoms with Gasteiger partial charge in [-0.15, -0.1) is 5.10 Å². The van der Waals surface area contributed by atoms with Gasteiger partial charge in [-0.1, -0.05) is 50.3 Å². The molecule has 4 nitrogen and oxygen atoms in total. The maximum Gasteiger partial charge on any atom is 0.187 e. The zero-order valence-corrected chi connectivity index (χ0v) is 10.9. The van der Waals surface area contributed by atoms with Crippen molar-refractivity contribution in [3.63, 3.8) is 0 Å². The Balaban J connectivity index is 2.14. The summed E-state index contributed by atoms with van der Waals surface area (Å²) < 4.78 is 1.83. The molecule has 0 saturated heterocycles. The molecule has 0 atom stereocenters. The van der Waals surface area contributed by atoms with E-state index in [-0.39, 0.29) is 5.41 Å². The molecule has 1 aromatic heterocycles. The first-order valence-corrected chi connectivity index (χ1v) is 5.86. The molecule has 0 aliphatic heterocycles. The molecule has 92 valence electrons.